The number of nitrogens with zero attached hydrogens (tertiary/aromatic N) is 2. The number of nitrogens with one attached hydrogen (secondary N) is 1. The molecule has 0 saturated carbocycles. The van der Waals surface area contributed by atoms with Crippen molar-refractivity contribution in [1.29, 1.82) is 0 Å². The second-order valence-corrected chi connectivity index (χ2v) is 4.03. The number of hydrogen-bond acceptors (Lipinski definition) is 5. The quantitative estimate of drug-likeness (QED) is 0.867. The van der Waals surface area contributed by atoms with E-state index in [9.17, 15) is 8.78 Å². The highest BCUT2D eigenvalue weighted by molar-refractivity contribution is 7.11. The molecule has 1 aliphatic heterocycles. The molecule has 0 spiro atoms. The largest absolute Gasteiger partial charge is 0.445 e. The first kappa shape index (κ1) is 10.3. The zero-order valence-corrected chi connectivity index (χ0v) is 8.72. The molecular weight excluding hydrogens is 224 g/mol. The van der Waals surface area contributed by atoms with Crippen LogP contribution < -0.4 is 5.43 Å². The van der Waals surface area contributed by atoms with Gasteiger partial charge in [0.25, 0.3) is 5.90 Å². The van der Waals surface area contributed by atoms with Gasteiger partial charge in [-0.3, -0.25) is 5.43 Å². The molecule has 7 heteroatoms. The van der Waals surface area contributed by atoms with Gasteiger partial charge < -0.3 is 4.74 Å². The van der Waals surface area contributed by atoms with Gasteiger partial charge in [0, 0.05) is 6.20 Å². The van der Waals surface area contributed by atoms with Gasteiger partial charge in [-0.2, -0.15) is 8.78 Å². The standard InChI is InChI=1S/C8H9F2N3OS/c1-2-5-11-3-4(15-5)7-12-13-8(14-7)6(9)10/h3,6-7,12H,2H2,1H3. The summed E-state index contributed by atoms with van der Waals surface area (Å²) in [5, 5.41) is 4.35. The van der Waals surface area contributed by atoms with Crippen LogP contribution in [0.2, 0.25) is 0 Å². The highest BCUT2D eigenvalue weighted by Crippen LogP contribution is 2.26. The van der Waals surface area contributed by atoms with Crippen LogP contribution in [0.4, 0.5) is 8.78 Å². The predicted molar refractivity (Wildman–Crippen MR) is 51.9 cm³/mol. The molecule has 1 aromatic rings. The van der Waals surface area contributed by atoms with Gasteiger partial charge in [-0.05, 0) is 6.42 Å². The monoisotopic (exact) mass is 233 g/mol. The lowest BCUT2D eigenvalue weighted by Gasteiger charge is -2.07. The minimum absolute atomic E-state index is 0.563. The van der Waals surface area contributed by atoms with Crippen molar-refractivity contribution in [2.75, 3.05) is 0 Å². The average Bonchev–Trinajstić information content (AvgIpc) is 2.86. The second-order valence-electron chi connectivity index (χ2n) is 2.89. The molecular formula is C8H9F2N3OS. The Bertz CT molecular complexity index is 380. The summed E-state index contributed by atoms with van der Waals surface area (Å²) in [5.41, 5.74) is 2.50. The number of aryl methyl sites for hydroxylation is 1. The van der Waals surface area contributed by atoms with Gasteiger partial charge in [-0.1, -0.05) is 6.92 Å². The minimum Gasteiger partial charge on any atom is -0.445 e. The van der Waals surface area contributed by atoms with Crippen LogP contribution in [-0.4, -0.2) is 17.3 Å². The predicted octanol–water partition coefficient (Wildman–Crippen LogP) is 1.90. The van der Waals surface area contributed by atoms with Crippen LogP contribution in [0.25, 0.3) is 0 Å². The number of ether oxygens (including phenoxy) is 1. The molecule has 1 N–H and O–H groups in total. The van der Waals surface area contributed by atoms with Crippen molar-refractivity contribution in [1.82, 2.24) is 10.4 Å². The van der Waals surface area contributed by atoms with Crippen LogP contribution in [0.15, 0.2) is 11.3 Å². The van der Waals surface area contributed by atoms with E-state index in [0.717, 1.165) is 16.3 Å². The summed E-state index contributed by atoms with van der Waals surface area (Å²) < 4.78 is 29.3. The number of hydrazone groups is 1. The first-order chi connectivity index (χ1) is 7.20. The van der Waals surface area contributed by atoms with Gasteiger partial charge in [0.15, 0.2) is 0 Å². The van der Waals surface area contributed by atoms with Gasteiger partial charge in [0.1, 0.15) is 0 Å². The summed E-state index contributed by atoms with van der Waals surface area (Å²) in [5.74, 6) is -0.563. The second kappa shape index (κ2) is 4.09. The van der Waals surface area contributed by atoms with Crippen LogP contribution in [0.5, 0.6) is 0 Å². The summed E-state index contributed by atoms with van der Waals surface area (Å²) in [4.78, 5) is 4.87. The van der Waals surface area contributed by atoms with Crippen molar-refractivity contribution in [3.63, 3.8) is 0 Å². The Balaban J connectivity index is 2.03. The molecule has 4 nitrogen and oxygen atoms in total. The van der Waals surface area contributed by atoms with Crippen molar-refractivity contribution < 1.29 is 13.5 Å². The van der Waals surface area contributed by atoms with E-state index in [1.807, 2.05) is 6.92 Å². The first-order valence-corrected chi connectivity index (χ1v) is 5.25. The fraction of sp³-hybridized carbons (Fsp3) is 0.500. The average molecular weight is 233 g/mol. The maximum absolute atomic E-state index is 12.2. The third-order valence-corrected chi connectivity index (χ3v) is 3.03. The van der Waals surface area contributed by atoms with E-state index in [0.29, 0.717) is 0 Å². The van der Waals surface area contributed by atoms with Crippen molar-refractivity contribution in [3.8, 4) is 0 Å². The van der Waals surface area contributed by atoms with Crippen molar-refractivity contribution >= 4 is 17.2 Å². The molecule has 82 valence electrons. The van der Waals surface area contributed by atoms with E-state index >= 15 is 0 Å². The van der Waals surface area contributed by atoms with Crippen LogP contribution in [-0.2, 0) is 11.2 Å². The molecule has 1 atom stereocenters. The minimum atomic E-state index is -2.68. The molecule has 0 saturated heterocycles. The molecule has 1 unspecified atom stereocenters. The SMILES string of the molecule is CCc1ncc(C2NN=C(C(F)F)O2)s1. The molecule has 1 aromatic heterocycles. The molecule has 0 amide bonds. The maximum atomic E-state index is 12.2. The van der Waals surface area contributed by atoms with Gasteiger partial charge in [-0.25, -0.2) is 4.98 Å². The Hall–Kier alpha value is -1.24. The van der Waals surface area contributed by atoms with E-state index in [1.165, 1.54) is 11.3 Å². The Labute approximate surface area is 89.0 Å². The van der Waals surface area contributed by atoms with Crippen molar-refractivity contribution in [3.05, 3.63) is 16.1 Å². The normalized spacial score (nSPS) is 20.0. The number of hydrogen-bond donors (Lipinski definition) is 1. The van der Waals surface area contributed by atoms with E-state index in [2.05, 4.69) is 15.5 Å². The number of aromatic nitrogens is 1. The van der Waals surface area contributed by atoms with Crippen molar-refractivity contribution in [2.45, 2.75) is 26.0 Å². The Morgan fingerprint density at radius 1 is 1.67 bits per heavy atom. The Morgan fingerprint density at radius 2 is 2.47 bits per heavy atom. The summed E-state index contributed by atoms with van der Waals surface area (Å²) in [6.07, 6.45) is -0.863. The van der Waals surface area contributed by atoms with E-state index in [1.54, 1.807) is 6.20 Å². The highest BCUT2D eigenvalue weighted by Gasteiger charge is 2.28. The number of halogens is 2. The molecule has 0 radical (unpaired) electrons. The van der Waals surface area contributed by atoms with E-state index in [4.69, 9.17) is 4.74 Å². The van der Waals surface area contributed by atoms with Gasteiger partial charge >= 0.3 is 6.43 Å². The zero-order chi connectivity index (χ0) is 10.8. The first-order valence-electron chi connectivity index (χ1n) is 4.43. The van der Waals surface area contributed by atoms with Crippen LogP contribution >= 0.6 is 11.3 Å². The lowest BCUT2D eigenvalue weighted by molar-refractivity contribution is 0.136. The van der Waals surface area contributed by atoms with Crippen LogP contribution in [0.3, 0.4) is 0 Å². The summed E-state index contributed by atoms with van der Waals surface area (Å²) in [6.45, 7) is 1.98. The van der Waals surface area contributed by atoms with Gasteiger partial charge in [0.2, 0.25) is 6.23 Å². The molecule has 2 rings (SSSR count). The third kappa shape index (κ3) is 2.06. The zero-order valence-electron chi connectivity index (χ0n) is 7.91. The summed E-state index contributed by atoms with van der Waals surface area (Å²) >= 11 is 1.43. The molecule has 2 heterocycles. The molecule has 0 aliphatic carbocycles. The molecule has 0 bridgehead atoms. The highest BCUT2D eigenvalue weighted by atomic mass is 32.1. The fourth-order valence-electron chi connectivity index (χ4n) is 1.13. The van der Waals surface area contributed by atoms with Crippen molar-refractivity contribution in [2.24, 2.45) is 5.10 Å². The number of thiazole rings is 1. The lowest BCUT2D eigenvalue weighted by atomic mass is 10.5. The van der Waals surface area contributed by atoms with Gasteiger partial charge in [0.05, 0.1) is 9.88 Å². The fourth-order valence-corrected chi connectivity index (χ4v) is 1.96. The smallest absolute Gasteiger partial charge is 0.314 e. The van der Waals surface area contributed by atoms with Crippen LogP contribution in [0.1, 0.15) is 23.0 Å². The van der Waals surface area contributed by atoms with E-state index in [-0.39, 0.29) is 0 Å². The summed E-state index contributed by atoms with van der Waals surface area (Å²) in [6, 6.07) is 0. The topological polar surface area (TPSA) is 46.5 Å². The lowest BCUT2D eigenvalue weighted by Crippen LogP contribution is -2.13. The molecule has 1 aliphatic rings. The Morgan fingerprint density at radius 3 is 3.00 bits per heavy atom. The summed E-state index contributed by atoms with van der Waals surface area (Å²) in [7, 11) is 0. The molecule has 0 fully saturated rings. The number of rotatable bonds is 3. The van der Waals surface area contributed by atoms with Crippen LogP contribution in [0, 0.1) is 0 Å². The maximum Gasteiger partial charge on any atom is 0.314 e. The van der Waals surface area contributed by atoms with E-state index < -0.39 is 18.6 Å². The molecule has 0 aromatic carbocycles. The number of alkyl halides is 2. The van der Waals surface area contributed by atoms with Gasteiger partial charge in [-0.15, -0.1) is 16.4 Å². The molecule has 15 heavy (non-hydrogen) atoms. The Kier molecular flexibility index (Phi) is 2.81. The third-order valence-electron chi connectivity index (χ3n) is 1.85.